The number of nitrogens with two attached hydrogens (primary N) is 1. The molecule has 0 bridgehead atoms. The number of aromatic nitrogens is 8. The predicted octanol–water partition coefficient (Wildman–Crippen LogP) is -1.17. The summed E-state index contributed by atoms with van der Waals surface area (Å²) in [5.41, 5.74) is 8.43. The Morgan fingerprint density at radius 2 is 1.27 bits per heavy atom. The molecule has 0 spiro atoms. The lowest BCUT2D eigenvalue weighted by molar-refractivity contribution is -0.120. The van der Waals surface area contributed by atoms with E-state index in [2.05, 4.69) is 45.9 Å². The number of anilines is 2. The van der Waals surface area contributed by atoms with E-state index in [-0.39, 0.29) is 40.1 Å². The van der Waals surface area contributed by atoms with Crippen molar-refractivity contribution < 1.29 is 45.6 Å². The predicted molar refractivity (Wildman–Crippen MR) is 197 cm³/mol. The summed E-state index contributed by atoms with van der Waals surface area (Å²) < 4.78 is 24.7. The van der Waals surface area contributed by atoms with Crippen LogP contribution in [-0.2, 0) is 43.3 Å². The summed E-state index contributed by atoms with van der Waals surface area (Å²) >= 11 is 0. The number of ether oxygens (including phenoxy) is 4. The molecule has 8 atom stereocenters. The van der Waals surface area contributed by atoms with Gasteiger partial charge in [-0.15, -0.1) is 0 Å². The van der Waals surface area contributed by atoms with E-state index in [1.54, 1.807) is 23.2 Å². The van der Waals surface area contributed by atoms with E-state index in [1.165, 1.54) is 26.9 Å². The van der Waals surface area contributed by atoms with Gasteiger partial charge in [0.05, 0.1) is 45.4 Å². The number of hydrogen-bond donors (Lipinski definition) is 8. The van der Waals surface area contributed by atoms with Gasteiger partial charge >= 0.3 is 0 Å². The molecule has 0 saturated carbocycles. The van der Waals surface area contributed by atoms with Gasteiger partial charge in [0, 0.05) is 29.7 Å². The highest BCUT2D eigenvalue weighted by molar-refractivity contribution is 5.84. The molecule has 21 nitrogen and oxygen atoms in total. The molecule has 2 fully saturated rings. The highest BCUT2D eigenvalue weighted by Crippen LogP contribution is 2.34. The van der Waals surface area contributed by atoms with E-state index in [9.17, 15) is 25.2 Å². The first-order valence-corrected chi connectivity index (χ1v) is 17.5. The Hall–Kier alpha value is -4.97. The number of methoxy groups -OCH3 is 2. The van der Waals surface area contributed by atoms with Crippen LogP contribution in [0.3, 0.4) is 0 Å². The molecule has 1 aromatic carbocycles. The van der Waals surface area contributed by atoms with Crippen LogP contribution < -0.4 is 21.7 Å². The normalized spacial score (nSPS) is 24.9. The highest BCUT2D eigenvalue weighted by atomic mass is 16.6. The monoisotopic (exact) mass is 768 g/mol. The van der Waals surface area contributed by atoms with Gasteiger partial charge < -0.3 is 61.1 Å². The fraction of sp³-hybridized carbons (Fsp3) is 0.500. The Labute approximate surface area is 316 Å². The number of rotatable bonds is 13. The zero-order chi connectivity index (χ0) is 39.2. The fourth-order valence-corrected chi connectivity index (χ4v) is 6.36. The lowest BCUT2D eigenvalue weighted by Crippen LogP contribution is -2.33. The first-order valence-electron chi connectivity index (χ1n) is 17.5. The maximum absolute atomic E-state index is 12.3. The lowest BCUT2D eigenvalue weighted by Gasteiger charge is -2.17. The molecule has 1 amide bonds. The van der Waals surface area contributed by atoms with E-state index >= 15 is 0 Å². The van der Waals surface area contributed by atoms with E-state index in [0.29, 0.717) is 45.6 Å². The van der Waals surface area contributed by atoms with Gasteiger partial charge in [-0.05, 0) is 5.56 Å². The summed E-state index contributed by atoms with van der Waals surface area (Å²) in [5, 5.41) is 49.9. The van der Waals surface area contributed by atoms with E-state index in [0.717, 1.165) is 5.56 Å². The molecule has 2 aliphatic heterocycles. The highest BCUT2D eigenvalue weighted by Gasteiger charge is 2.45. The van der Waals surface area contributed by atoms with E-state index < -0.39 is 49.1 Å². The van der Waals surface area contributed by atoms with Crippen LogP contribution in [0.4, 0.5) is 11.6 Å². The third-order valence-electron chi connectivity index (χ3n) is 9.13. The molecule has 2 aliphatic rings. The molecule has 6 heterocycles. The molecule has 298 valence electrons. The van der Waals surface area contributed by atoms with Crippen molar-refractivity contribution in [2.75, 3.05) is 52.2 Å². The molecular weight excluding hydrogens is 720 g/mol. The van der Waals surface area contributed by atoms with Crippen molar-refractivity contribution >= 4 is 39.9 Å². The minimum atomic E-state index is -1.19. The minimum absolute atomic E-state index is 0. The Morgan fingerprint density at radius 1 is 0.782 bits per heavy atom. The van der Waals surface area contributed by atoms with Crippen molar-refractivity contribution in [1.82, 2.24) is 44.4 Å². The third-order valence-corrected chi connectivity index (χ3v) is 9.13. The van der Waals surface area contributed by atoms with Gasteiger partial charge in [-0.1, -0.05) is 30.3 Å². The van der Waals surface area contributed by atoms with Gasteiger partial charge in [-0.2, -0.15) is 0 Å². The standard InChI is InChI=1S/C21H26N6O5.C13H20N6O4.H2/c1-22-19-16-20(27(11-24-16)21-18(30)17(29)13(32-21)10-31-2)26-14(25-19)9-23-15(28)8-12-6-4-3-5-7-12;1-15-11-8-12(18-7(3-14)17-11)19(5-16-8)13-10(21)9(20)6(23-13)4-22-2;/h3-7,11,13,17-18,21,29-30H,8-10H2,1-2H3,(H,23,28)(H,22,25,26);5-6,9-10,13,20-21H,3-4,14H2,1-2H3,(H,15,17,18);1H/t13-,17-,18-,21-;6-,9-,10-,13-;/m11./s1. The minimum Gasteiger partial charge on any atom is -0.387 e. The van der Waals surface area contributed by atoms with Crippen LogP contribution in [0.1, 0.15) is 31.1 Å². The first-order chi connectivity index (χ1) is 26.6. The van der Waals surface area contributed by atoms with Crippen LogP contribution >= 0.6 is 0 Å². The average molecular weight is 769 g/mol. The van der Waals surface area contributed by atoms with Crippen LogP contribution in [-0.4, -0.2) is 144 Å². The Bertz CT molecular complexity index is 2060. The molecule has 4 aromatic heterocycles. The summed E-state index contributed by atoms with van der Waals surface area (Å²) in [6, 6.07) is 9.44. The molecular formula is C34H48N12O9. The van der Waals surface area contributed by atoms with Crippen molar-refractivity contribution in [3.63, 3.8) is 0 Å². The van der Waals surface area contributed by atoms with Crippen LogP contribution in [0.15, 0.2) is 43.0 Å². The average Bonchev–Trinajstić information content (AvgIpc) is 3.96. The molecule has 5 aromatic rings. The number of hydrogen-bond acceptors (Lipinski definition) is 18. The largest absolute Gasteiger partial charge is 0.387 e. The number of benzene rings is 1. The summed E-state index contributed by atoms with van der Waals surface area (Å²) in [4.78, 5) is 38.5. The van der Waals surface area contributed by atoms with Crippen molar-refractivity contribution in [3.05, 3.63) is 60.2 Å². The molecule has 9 N–H and O–H groups in total. The van der Waals surface area contributed by atoms with Gasteiger partial charge in [0.1, 0.15) is 42.4 Å². The topological polar surface area (TPSA) is 284 Å². The van der Waals surface area contributed by atoms with E-state index in [1.807, 2.05) is 30.3 Å². The molecule has 55 heavy (non-hydrogen) atoms. The maximum atomic E-state index is 12.3. The number of nitrogens with one attached hydrogen (secondary N) is 3. The lowest BCUT2D eigenvalue weighted by atomic mass is 10.1. The second kappa shape index (κ2) is 17.7. The molecule has 0 unspecified atom stereocenters. The van der Waals surface area contributed by atoms with Crippen LogP contribution in [0.2, 0.25) is 0 Å². The summed E-state index contributed by atoms with van der Waals surface area (Å²) in [7, 11) is 6.42. The number of aliphatic hydroxyl groups is 4. The van der Waals surface area contributed by atoms with Gasteiger partial charge in [0.25, 0.3) is 0 Å². The van der Waals surface area contributed by atoms with Crippen LogP contribution in [0.5, 0.6) is 0 Å². The van der Waals surface area contributed by atoms with Gasteiger partial charge in [0.2, 0.25) is 5.91 Å². The van der Waals surface area contributed by atoms with Gasteiger partial charge in [-0.3, -0.25) is 13.9 Å². The fourth-order valence-electron chi connectivity index (χ4n) is 6.36. The van der Waals surface area contributed by atoms with Crippen molar-refractivity contribution in [2.24, 2.45) is 5.73 Å². The van der Waals surface area contributed by atoms with Crippen LogP contribution in [0, 0.1) is 0 Å². The number of aliphatic hydroxyl groups excluding tert-OH is 4. The Morgan fingerprint density at radius 3 is 1.75 bits per heavy atom. The number of imidazole rings is 2. The molecule has 7 rings (SSSR count). The number of nitrogens with zero attached hydrogens (tertiary/aromatic N) is 8. The molecule has 0 aliphatic carbocycles. The summed E-state index contributed by atoms with van der Waals surface area (Å²) in [6.07, 6.45) is -4.27. The third kappa shape index (κ3) is 8.34. The Balaban J connectivity index is 0.000000222. The quantitative estimate of drug-likeness (QED) is 0.0700. The van der Waals surface area contributed by atoms with Gasteiger partial charge in [-0.25, -0.2) is 29.9 Å². The summed E-state index contributed by atoms with van der Waals surface area (Å²) in [6.45, 7) is 0.590. The van der Waals surface area contributed by atoms with E-state index in [4.69, 9.17) is 24.7 Å². The zero-order valence-corrected chi connectivity index (χ0v) is 30.7. The Kier molecular flexibility index (Phi) is 12.8. The SMILES string of the molecule is CNc1nc(CN)nc2c1ncn2[C@@H]1O[C@H](COC)[C@@H](O)[C@H]1O.CNc1nc(CNC(=O)Cc2ccccc2)nc2c1ncn2[C@@H]1O[C@H](COC)[C@@H](O)[C@H]1O.[HH]. The van der Waals surface area contributed by atoms with Crippen molar-refractivity contribution in [1.29, 1.82) is 0 Å². The number of carbonyl (C=O) groups excluding carboxylic acids is 1. The molecule has 2 saturated heterocycles. The zero-order valence-electron chi connectivity index (χ0n) is 30.7. The maximum Gasteiger partial charge on any atom is 0.224 e. The van der Waals surface area contributed by atoms with Crippen molar-refractivity contribution in [2.45, 2.75) is 68.6 Å². The number of carbonyl (C=O) groups is 1. The second-order valence-electron chi connectivity index (χ2n) is 12.8. The first kappa shape index (κ1) is 39.7. The molecule has 0 radical (unpaired) electrons. The van der Waals surface area contributed by atoms with Crippen molar-refractivity contribution in [3.8, 4) is 0 Å². The summed E-state index contributed by atoms with van der Waals surface area (Å²) in [5.74, 6) is 1.66. The molecule has 21 heteroatoms. The second-order valence-corrected chi connectivity index (χ2v) is 12.8. The van der Waals surface area contributed by atoms with Gasteiger partial charge in [0.15, 0.2) is 52.2 Å². The number of amides is 1. The number of fused-ring (bicyclic) bond motifs is 2. The van der Waals surface area contributed by atoms with Crippen LogP contribution in [0.25, 0.3) is 22.3 Å². The smallest absolute Gasteiger partial charge is 0.224 e.